The fraction of sp³-hybridized carbons (Fsp3) is 0.583. The molecule has 37 nitrogen and oxygen atoms in total. The highest BCUT2D eigenvalue weighted by Crippen LogP contribution is 2.21. The molecule has 0 unspecified atom stereocenters. The van der Waals surface area contributed by atoms with Gasteiger partial charge in [0.2, 0.25) is 76.8 Å². The zero-order chi connectivity index (χ0) is 81.4. The van der Waals surface area contributed by atoms with Gasteiger partial charge in [0.1, 0.15) is 72.5 Å². The number of likely N-dealkylation sites (tertiary alicyclic amines) is 1. The summed E-state index contributed by atoms with van der Waals surface area (Å²) >= 11 is 0. The zero-order valence-electron chi connectivity index (χ0n) is 63.2. The van der Waals surface area contributed by atoms with E-state index in [2.05, 4.69) is 73.4 Å². The van der Waals surface area contributed by atoms with Crippen LogP contribution in [0.1, 0.15) is 137 Å². The number of hydrogen-bond acceptors (Lipinski definition) is 20. The first-order valence-electron chi connectivity index (χ1n) is 36.6. The van der Waals surface area contributed by atoms with Crippen LogP contribution in [0, 0.1) is 17.8 Å². The zero-order valence-corrected chi connectivity index (χ0v) is 63.2. The van der Waals surface area contributed by atoms with Crippen molar-refractivity contribution in [3.63, 3.8) is 0 Å². The maximum absolute atomic E-state index is 14.9. The average Bonchev–Trinajstić information content (AvgIpc) is 1.83. The van der Waals surface area contributed by atoms with Crippen LogP contribution in [0.25, 0.3) is 0 Å². The quantitative estimate of drug-likeness (QED) is 0.0144. The Kier molecular flexibility index (Phi) is 37.6. The van der Waals surface area contributed by atoms with Gasteiger partial charge in [0, 0.05) is 44.2 Å². The molecule has 25 N–H and O–H groups in total. The molecular weight excluding hydrogens is 1420 g/mol. The summed E-state index contributed by atoms with van der Waals surface area (Å²) in [4.78, 5) is 207. The van der Waals surface area contributed by atoms with Crippen LogP contribution in [0.3, 0.4) is 0 Å². The second-order valence-electron chi connectivity index (χ2n) is 28.0. The number of unbranched alkanes of at least 4 members (excludes halogenated alkanes) is 1. The Morgan fingerprint density at radius 3 is 1.47 bits per heavy atom. The third kappa shape index (κ3) is 29.8. The number of carboxylic acids is 1. The average molecular weight is 1530 g/mol. The van der Waals surface area contributed by atoms with Crippen LogP contribution in [-0.2, 0) is 86.4 Å². The highest BCUT2D eigenvalue weighted by Gasteiger charge is 2.42. The van der Waals surface area contributed by atoms with Crippen molar-refractivity contribution in [1.82, 2.24) is 73.4 Å². The van der Waals surface area contributed by atoms with Crippen molar-refractivity contribution in [3.8, 4) is 0 Å². The van der Waals surface area contributed by atoms with Gasteiger partial charge in [-0.2, -0.15) is 0 Å². The normalized spacial score (nSPS) is 16.8. The lowest BCUT2D eigenvalue weighted by Crippen LogP contribution is -2.63. The molecule has 1 saturated heterocycles. The Morgan fingerprint density at radius 1 is 0.532 bits per heavy atom. The minimum atomic E-state index is -1.81. The van der Waals surface area contributed by atoms with Gasteiger partial charge in [-0.3, -0.25) is 67.3 Å². The summed E-state index contributed by atoms with van der Waals surface area (Å²) in [6.45, 7) is 13.6. The SMILES string of the molecule is CC[C@H](C)[C@H](NC(=O)[C@H](CC(N)=O)NC(=O)[C@H](CCCCN)NC(=O)[C@H](Cc1ccccc1)NC(=O)[C@H](Cc1ccccc1)NC(=O)[C@H](Cc1cnc[nH]1)NC(=O)[C@@H](N)C(C)C)C(=O)N[C@H](C(=O)N[C@H](C(=O)N[C@@H](C)C(=O)N[C@@H](CCCN=C(N)N)C(=O)N[C@H](C(=O)N1CCC[C@H]1C(=O)O)[C@@H](C)O)[C@@H](C)O)C(C)C. The van der Waals surface area contributed by atoms with Gasteiger partial charge in [-0.15, -0.1) is 0 Å². The van der Waals surface area contributed by atoms with Crippen molar-refractivity contribution in [1.29, 1.82) is 0 Å². The minimum Gasteiger partial charge on any atom is -0.480 e. The van der Waals surface area contributed by atoms with Crippen molar-refractivity contribution in [2.45, 2.75) is 230 Å². The molecule has 0 aliphatic carbocycles. The standard InChI is InChI=1S/C72H112N20O17/c1-10-39(6)56(68(105)88-55(38(4)5)67(104)90-57(41(8)93)69(106)81-40(7)59(96)82-47(26-19-29-79-72(76)77)61(98)91-58(42(9)94)70(107)92-30-20-27-52(92)71(108)109)89-65(102)51(34-53(74)95)86-60(97)46(25-17-18-28-73)83-62(99)48(31-43-21-13-11-14-22-43)84-63(100)49(32-44-23-15-12-16-24-44)85-64(101)50(33-45-35-78-36-80-45)87-66(103)54(75)37(2)3/h11-16,21-24,35-42,46-52,54-58,93-94H,10,17-20,25-34,73,75H2,1-9H3,(H2,74,95)(H,78,80)(H,81,106)(H,82,96)(H,83,99)(H,84,100)(H,85,101)(H,86,97)(H,87,103)(H,88,105)(H,89,102)(H,90,104)(H,91,98)(H,108,109)(H4,76,77,79)/t39-,40-,41+,42+,46-,47-,48-,49-,50-,51-,52-,54-,55-,56-,57-,58-/m0/s1. The van der Waals surface area contributed by atoms with Gasteiger partial charge in [0.25, 0.3) is 0 Å². The maximum atomic E-state index is 14.9. The Bertz CT molecular complexity index is 3560. The fourth-order valence-electron chi connectivity index (χ4n) is 11.7. The first kappa shape index (κ1) is 90.7. The van der Waals surface area contributed by atoms with Crippen LogP contribution in [0.4, 0.5) is 0 Å². The van der Waals surface area contributed by atoms with E-state index in [-0.39, 0.29) is 89.3 Å². The topological polar surface area (TPSA) is 606 Å². The number of aliphatic imine (C=N–C) groups is 1. The van der Waals surface area contributed by atoms with Gasteiger partial charge < -0.3 is 112 Å². The summed E-state index contributed by atoms with van der Waals surface area (Å²) in [7, 11) is 0. The Hall–Kier alpha value is -10.7. The van der Waals surface area contributed by atoms with Gasteiger partial charge in [-0.1, -0.05) is 109 Å². The van der Waals surface area contributed by atoms with Crippen LogP contribution in [0.15, 0.2) is 78.2 Å². The summed E-state index contributed by atoms with van der Waals surface area (Å²) in [5.74, 6) is -15.6. The number of rotatable bonds is 46. The van der Waals surface area contributed by atoms with Crippen LogP contribution in [-0.4, -0.2) is 229 Å². The molecule has 109 heavy (non-hydrogen) atoms. The number of guanidine groups is 1. The number of aliphatic hydroxyl groups is 2. The molecule has 1 aliphatic rings. The summed E-state index contributed by atoms with van der Waals surface area (Å²) in [6.07, 6.45) is -0.440. The molecule has 4 rings (SSSR count). The summed E-state index contributed by atoms with van der Waals surface area (Å²) in [6, 6.07) is -1.91. The Labute approximate surface area is 633 Å². The highest BCUT2D eigenvalue weighted by atomic mass is 16.4. The maximum Gasteiger partial charge on any atom is 0.326 e. The number of H-pyrrole nitrogens is 1. The van der Waals surface area contributed by atoms with Crippen LogP contribution in [0.5, 0.6) is 0 Å². The lowest BCUT2D eigenvalue weighted by atomic mass is 9.95. The number of imidazole rings is 1. The molecule has 37 heteroatoms. The van der Waals surface area contributed by atoms with E-state index in [0.717, 1.165) is 11.8 Å². The predicted molar refractivity (Wildman–Crippen MR) is 399 cm³/mol. The molecule has 0 bridgehead atoms. The van der Waals surface area contributed by atoms with Crippen molar-refractivity contribution < 1.29 is 82.4 Å². The highest BCUT2D eigenvalue weighted by molar-refractivity contribution is 6.01. The molecule has 1 aliphatic heterocycles. The molecule has 602 valence electrons. The number of carbonyl (C=O) groups excluding carboxylic acids is 13. The molecule has 0 radical (unpaired) electrons. The van der Waals surface area contributed by atoms with Gasteiger partial charge in [-0.25, -0.2) is 9.78 Å². The van der Waals surface area contributed by atoms with Gasteiger partial charge in [0.15, 0.2) is 5.96 Å². The second-order valence-corrected chi connectivity index (χ2v) is 28.0. The molecule has 13 amide bonds. The molecule has 0 spiro atoms. The third-order valence-corrected chi connectivity index (χ3v) is 18.4. The molecule has 2 heterocycles. The number of aliphatic hydroxyl groups excluding tert-OH is 2. The van der Waals surface area contributed by atoms with Gasteiger partial charge in [0.05, 0.1) is 31.0 Å². The number of aromatic amines is 1. The summed E-state index contributed by atoms with van der Waals surface area (Å²) in [5, 5.41) is 59.5. The smallest absolute Gasteiger partial charge is 0.326 e. The second kappa shape index (κ2) is 45.2. The van der Waals surface area contributed by atoms with E-state index in [1.54, 1.807) is 88.4 Å². The minimum absolute atomic E-state index is 0.0202. The number of carbonyl (C=O) groups is 14. The number of aliphatic carboxylic acids is 1. The largest absolute Gasteiger partial charge is 0.480 e. The van der Waals surface area contributed by atoms with E-state index < -0.39 is 192 Å². The lowest BCUT2D eigenvalue weighted by Gasteiger charge is -2.31. The molecule has 0 saturated carbocycles. The third-order valence-electron chi connectivity index (χ3n) is 18.4. The Balaban J connectivity index is 1.56. The lowest BCUT2D eigenvalue weighted by molar-refractivity contribution is -0.150. The van der Waals surface area contributed by atoms with E-state index in [9.17, 15) is 82.4 Å². The van der Waals surface area contributed by atoms with E-state index in [1.165, 1.54) is 40.2 Å². The Morgan fingerprint density at radius 2 is 0.982 bits per heavy atom. The van der Waals surface area contributed by atoms with Crippen molar-refractivity contribution in [3.05, 3.63) is 90.0 Å². The number of nitrogens with zero attached hydrogens (tertiary/aromatic N) is 3. The monoisotopic (exact) mass is 1530 g/mol. The molecule has 3 aromatic rings. The number of nitrogens with one attached hydrogen (secondary N) is 12. The van der Waals surface area contributed by atoms with E-state index in [1.807, 2.05) is 0 Å². The fourth-order valence-corrected chi connectivity index (χ4v) is 11.7. The van der Waals surface area contributed by atoms with Gasteiger partial charge in [-0.05, 0) is 101 Å². The van der Waals surface area contributed by atoms with Crippen molar-refractivity contribution >= 4 is 88.7 Å². The van der Waals surface area contributed by atoms with Crippen molar-refractivity contribution in [2.75, 3.05) is 19.6 Å². The molecule has 1 aromatic heterocycles. The number of hydrogen-bond donors (Lipinski definition) is 20. The number of amides is 13. The van der Waals surface area contributed by atoms with Crippen molar-refractivity contribution in [2.24, 2.45) is 51.4 Å². The molecular formula is C72H112N20O17. The van der Waals surface area contributed by atoms with Crippen LogP contribution >= 0.6 is 0 Å². The molecule has 16 atom stereocenters. The van der Waals surface area contributed by atoms with E-state index >= 15 is 0 Å². The number of benzene rings is 2. The number of aromatic nitrogens is 2. The number of carboxylic acid groups (broad SMARTS) is 1. The number of nitrogens with two attached hydrogens (primary N) is 5. The predicted octanol–water partition coefficient (Wildman–Crippen LogP) is -4.63. The number of primary amides is 1. The summed E-state index contributed by atoms with van der Waals surface area (Å²) < 4.78 is 0. The molecule has 2 aromatic carbocycles. The summed E-state index contributed by atoms with van der Waals surface area (Å²) in [5.41, 5.74) is 30.3. The van der Waals surface area contributed by atoms with Crippen LogP contribution < -0.4 is 87.2 Å². The van der Waals surface area contributed by atoms with Crippen LogP contribution in [0.2, 0.25) is 0 Å². The van der Waals surface area contributed by atoms with E-state index in [4.69, 9.17) is 28.7 Å². The van der Waals surface area contributed by atoms with E-state index in [0.29, 0.717) is 29.7 Å². The molecule has 1 fully saturated rings. The first-order valence-corrected chi connectivity index (χ1v) is 36.6. The van der Waals surface area contributed by atoms with Gasteiger partial charge >= 0.3 is 5.97 Å². The first-order chi connectivity index (χ1) is 51.5.